The molecule has 2 aromatic carbocycles. The number of ether oxygens (including phenoxy) is 1. The van der Waals surface area contributed by atoms with E-state index >= 15 is 0 Å². The molecule has 0 bridgehead atoms. The highest BCUT2D eigenvalue weighted by atomic mass is 79.9. The van der Waals surface area contributed by atoms with E-state index in [-0.39, 0.29) is 0 Å². The SMILES string of the molecule is COc1ccc(C(Nc2cccc(C)c2)C(N)=O)cc1Br. The molecule has 1 unspecified atom stereocenters. The van der Waals surface area contributed by atoms with E-state index in [2.05, 4.69) is 21.2 Å². The molecule has 0 saturated heterocycles. The third kappa shape index (κ3) is 3.76. The first-order valence-electron chi connectivity index (χ1n) is 6.47. The average molecular weight is 349 g/mol. The van der Waals surface area contributed by atoms with Crippen LogP contribution < -0.4 is 15.8 Å². The Bertz CT molecular complexity index is 658. The number of halogens is 1. The number of hydrogen-bond acceptors (Lipinski definition) is 3. The molecule has 21 heavy (non-hydrogen) atoms. The molecule has 4 nitrogen and oxygen atoms in total. The van der Waals surface area contributed by atoms with E-state index in [1.807, 2.05) is 43.3 Å². The minimum absolute atomic E-state index is 0.437. The highest BCUT2D eigenvalue weighted by Gasteiger charge is 2.18. The van der Waals surface area contributed by atoms with Crippen LogP contribution in [0.5, 0.6) is 5.75 Å². The van der Waals surface area contributed by atoms with Crippen LogP contribution in [0, 0.1) is 6.92 Å². The Morgan fingerprint density at radius 2 is 2.05 bits per heavy atom. The van der Waals surface area contributed by atoms with Crippen molar-refractivity contribution in [3.63, 3.8) is 0 Å². The maximum Gasteiger partial charge on any atom is 0.244 e. The minimum Gasteiger partial charge on any atom is -0.496 e. The van der Waals surface area contributed by atoms with Gasteiger partial charge in [-0.25, -0.2) is 0 Å². The molecule has 0 saturated carbocycles. The number of methoxy groups -OCH3 is 1. The van der Waals surface area contributed by atoms with Gasteiger partial charge in [-0.2, -0.15) is 0 Å². The van der Waals surface area contributed by atoms with Crippen molar-refractivity contribution in [2.24, 2.45) is 5.73 Å². The topological polar surface area (TPSA) is 64.3 Å². The Hall–Kier alpha value is -2.01. The van der Waals surface area contributed by atoms with Gasteiger partial charge in [-0.05, 0) is 58.2 Å². The first-order chi connectivity index (χ1) is 10.0. The third-order valence-corrected chi connectivity index (χ3v) is 3.74. The highest BCUT2D eigenvalue weighted by Crippen LogP contribution is 2.29. The standard InChI is InChI=1S/C16H17BrN2O2/c1-10-4-3-5-12(8-10)19-15(16(18)20)11-6-7-14(21-2)13(17)9-11/h3-9,15,19H,1-2H3,(H2,18,20). The van der Waals surface area contributed by atoms with Crippen LogP contribution in [0.3, 0.4) is 0 Å². The Balaban J connectivity index is 2.31. The van der Waals surface area contributed by atoms with Crippen molar-refractivity contribution in [3.05, 3.63) is 58.1 Å². The van der Waals surface area contributed by atoms with Gasteiger partial charge >= 0.3 is 0 Å². The van der Waals surface area contributed by atoms with E-state index in [4.69, 9.17) is 10.5 Å². The predicted molar refractivity (Wildman–Crippen MR) is 87.4 cm³/mol. The molecule has 0 fully saturated rings. The van der Waals surface area contributed by atoms with Crippen LogP contribution in [-0.4, -0.2) is 13.0 Å². The lowest BCUT2D eigenvalue weighted by molar-refractivity contribution is -0.118. The second-order valence-corrected chi connectivity index (χ2v) is 5.60. The lowest BCUT2D eigenvalue weighted by atomic mass is 10.1. The molecule has 110 valence electrons. The first-order valence-corrected chi connectivity index (χ1v) is 7.26. The minimum atomic E-state index is -0.603. The molecule has 0 aliphatic heterocycles. The molecule has 1 amide bonds. The fourth-order valence-corrected chi connectivity index (χ4v) is 2.64. The number of aryl methyl sites for hydroxylation is 1. The Morgan fingerprint density at radius 3 is 2.62 bits per heavy atom. The number of amides is 1. The van der Waals surface area contributed by atoms with Gasteiger partial charge in [-0.1, -0.05) is 18.2 Å². The monoisotopic (exact) mass is 348 g/mol. The summed E-state index contributed by atoms with van der Waals surface area (Å²) in [4.78, 5) is 11.8. The summed E-state index contributed by atoms with van der Waals surface area (Å²) >= 11 is 3.42. The first kappa shape index (κ1) is 15.4. The van der Waals surface area contributed by atoms with Crippen molar-refractivity contribution in [1.29, 1.82) is 0 Å². The zero-order valence-electron chi connectivity index (χ0n) is 11.9. The van der Waals surface area contributed by atoms with E-state index in [9.17, 15) is 4.79 Å². The van der Waals surface area contributed by atoms with Gasteiger partial charge in [0.2, 0.25) is 5.91 Å². The second kappa shape index (κ2) is 6.63. The molecule has 3 N–H and O–H groups in total. The van der Waals surface area contributed by atoms with Crippen molar-refractivity contribution >= 4 is 27.5 Å². The molecule has 5 heteroatoms. The zero-order valence-corrected chi connectivity index (χ0v) is 13.5. The number of rotatable bonds is 5. The number of anilines is 1. The summed E-state index contributed by atoms with van der Waals surface area (Å²) in [6, 6.07) is 12.6. The number of nitrogens with one attached hydrogen (secondary N) is 1. The normalized spacial score (nSPS) is 11.8. The fourth-order valence-electron chi connectivity index (χ4n) is 2.08. The molecule has 0 spiro atoms. The van der Waals surface area contributed by atoms with Gasteiger partial charge in [0, 0.05) is 5.69 Å². The van der Waals surface area contributed by atoms with Gasteiger partial charge in [0.25, 0.3) is 0 Å². The molecule has 2 rings (SSSR count). The Labute approximate surface area is 132 Å². The summed E-state index contributed by atoms with van der Waals surface area (Å²) in [5, 5.41) is 3.16. The van der Waals surface area contributed by atoms with Gasteiger partial charge in [-0.15, -0.1) is 0 Å². The van der Waals surface area contributed by atoms with Gasteiger partial charge in [0.15, 0.2) is 0 Å². The molecule has 0 radical (unpaired) electrons. The number of benzene rings is 2. The zero-order chi connectivity index (χ0) is 15.4. The smallest absolute Gasteiger partial charge is 0.244 e. The summed E-state index contributed by atoms with van der Waals surface area (Å²) in [5.41, 5.74) is 8.26. The Kier molecular flexibility index (Phi) is 4.85. The van der Waals surface area contributed by atoms with Crippen molar-refractivity contribution in [1.82, 2.24) is 0 Å². The largest absolute Gasteiger partial charge is 0.496 e. The van der Waals surface area contributed by atoms with Gasteiger partial charge in [0.1, 0.15) is 11.8 Å². The van der Waals surface area contributed by atoms with Crippen molar-refractivity contribution in [2.45, 2.75) is 13.0 Å². The fraction of sp³-hybridized carbons (Fsp3) is 0.188. The van der Waals surface area contributed by atoms with Crippen LogP contribution in [-0.2, 0) is 4.79 Å². The predicted octanol–water partition coefficient (Wildman–Crippen LogP) is 3.40. The lowest BCUT2D eigenvalue weighted by Gasteiger charge is -2.18. The van der Waals surface area contributed by atoms with Crippen LogP contribution in [0.15, 0.2) is 46.9 Å². The summed E-state index contributed by atoms with van der Waals surface area (Å²) in [6.07, 6.45) is 0. The number of nitrogens with two attached hydrogens (primary N) is 1. The van der Waals surface area contributed by atoms with Gasteiger partial charge in [0.05, 0.1) is 11.6 Å². The lowest BCUT2D eigenvalue weighted by Crippen LogP contribution is -2.27. The summed E-state index contributed by atoms with van der Waals surface area (Å²) in [6.45, 7) is 1.99. The maximum atomic E-state index is 11.8. The Morgan fingerprint density at radius 1 is 1.29 bits per heavy atom. The molecule has 0 aliphatic rings. The van der Waals surface area contributed by atoms with Crippen molar-refractivity contribution in [2.75, 3.05) is 12.4 Å². The number of hydrogen-bond donors (Lipinski definition) is 2. The number of primary amides is 1. The molecule has 2 aromatic rings. The van der Waals surface area contributed by atoms with Gasteiger partial charge < -0.3 is 15.8 Å². The molecule has 0 aliphatic carbocycles. The molecule has 0 aromatic heterocycles. The number of carbonyl (C=O) groups is 1. The molecule has 0 heterocycles. The van der Waals surface area contributed by atoms with E-state index in [1.54, 1.807) is 13.2 Å². The summed E-state index contributed by atoms with van der Waals surface area (Å²) in [7, 11) is 1.59. The van der Waals surface area contributed by atoms with E-state index < -0.39 is 11.9 Å². The van der Waals surface area contributed by atoms with E-state index in [1.165, 1.54) is 0 Å². The van der Waals surface area contributed by atoms with Gasteiger partial charge in [-0.3, -0.25) is 4.79 Å². The second-order valence-electron chi connectivity index (χ2n) is 4.74. The quantitative estimate of drug-likeness (QED) is 0.870. The average Bonchev–Trinajstić information content (AvgIpc) is 2.44. The number of carbonyl (C=O) groups excluding carboxylic acids is 1. The van der Waals surface area contributed by atoms with Crippen LogP contribution in [0.2, 0.25) is 0 Å². The molecular weight excluding hydrogens is 332 g/mol. The summed E-state index contributed by atoms with van der Waals surface area (Å²) in [5.74, 6) is 0.270. The maximum absolute atomic E-state index is 11.8. The van der Waals surface area contributed by atoms with E-state index in [0.717, 1.165) is 21.3 Å². The van der Waals surface area contributed by atoms with Crippen LogP contribution >= 0.6 is 15.9 Å². The summed E-state index contributed by atoms with van der Waals surface area (Å²) < 4.78 is 5.97. The van der Waals surface area contributed by atoms with Crippen molar-refractivity contribution in [3.8, 4) is 5.75 Å². The van der Waals surface area contributed by atoms with E-state index in [0.29, 0.717) is 5.75 Å². The van der Waals surface area contributed by atoms with Crippen molar-refractivity contribution < 1.29 is 9.53 Å². The molecule has 1 atom stereocenters. The van der Waals surface area contributed by atoms with Crippen LogP contribution in [0.4, 0.5) is 5.69 Å². The molecular formula is C16H17BrN2O2. The van der Waals surface area contributed by atoms with Crippen LogP contribution in [0.1, 0.15) is 17.2 Å². The highest BCUT2D eigenvalue weighted by molar-refractivity contribution is 9.10. The third-order valence-electron chi connectivity index (χ3n) is 3.12. The van der Waals surface area contributed by atoms with Crippen LogP contribution in [0.25, 0.3) is 0 Å².